The van der Waals surface area contributed by atoms with Gasteiger partial charge in [0.05, 0.1) is 4.88 Å². The van der Waals surface area contributed by atoms with E-state index in [1.807, 2.05) is 12.1 Å². The van der Waals surface area contributed by atoms with Gasteiger partial charge in [0.15, 0.2) is 6.29 Å². The molecule has 1 heterocycles. The number of rotatable bonds is 10. The summed E-state index contributed by atoms with van der Waals surface area (Å²) in [7, 11) is 0. The summed E-state index contributed by atoms with van der Waals surface area (Å²) in [6.07, 6.45) is 2.91. The van der Waals surface area contributed by atoms with Gasteiger partial charge in [-0.05, 0) is 126 Å². The molecule has 1 aliphatic carbocycles. The zero-order valence-electron chi connectivity index (χ0n) is 28.3. The summed E-state index contributed by atoms with van der Waals surface area (Å²) in [5.74, 6) is 0. The Morgan fingerprint density at radius 2 is 0.920 bits per heavy atom. The number of carbonyl (C=O) groups is 1. The van der Waals surface area contributed by atoms with Gasteiger partial charge in [0.25, 0.3) is 0 Å². The molecule has 50 heavy (non-hydrogen) atoms. The van der Waals surface area contributed by atoms with Crippen LogP contribution in [0, 0.1) is 0 Å². The second-order valence-corrected chi connectivity index (χ2v) is 13.9. The number of anilines is 6. The van der Waals surface area contributed by atoms with Gasteiger partial charge in [0, 0.05) is 44.4 Å². The fraction of sp³-hybridized carbons (Fsp3) is 0.109. The standard InChI is InChI=1S/C46H38N2OS/c1-3-46(4-2)43-30-38(47(34-14-8-5-9-15-34)35-16-10-6-11-17-35)24-27-41(43)42-28-25-39(31-44(42)46)48(36-18-12-7-13-19-36)37-22-20-33(21-23-37)45-29-26-40(32-49)50-45/h5-32H,3-4H2,1-2H3. The number of aldehydes is 1. The molecule has 7 aromatic rings. The molecule has 0 radical (unpaired) electrons. The molecule has 1 aromatic heterocycles. The minimum Gasteiger partial charge on any atom is -0.310 e. The predicted octanol–water partition coefficient (Wildman–Crippen LogP) is 13.3. The molecular formula is C46H38N2OS. The smallest absolute Gasteiger partial charge is 0.160 e. The van der Waals surface area contributed by atoms with Gasteiger partial charge in [-0.3, -0.25) is 4.79 Å². The third-order valence-corrected chi connectivity index (χ3v) is 11.3. The van der Waals surface area contributed by atoms with Crippen LogP contribution in [0.3, 0.4) is 0 Å². The van der Waals surface area contributed by atoms with Crippen LogP contribution < -0.4 is 9.80 Å². The van der Waals surface area contributed by atoms with Crippen LogP contribution in [-0.4, -0.2) is 6.29 Å². The summed E-state index contributed by atoms with van der Waals surface area (Å²) in [5, 5.41) is 0. The SMILES string of the molecule is CCC1(CC)c2cc(N(c3ccccc3)c3ccccc3)ccc2-c2ccc(N(c3ccccc3)c3ccc(-c4ccc(C=O)s4)cc3)cc21. The van der Waals surface area contributed by atoms with E-state index >= 15 is 0 Å². The normalized spacial score (nSPS) is 12.6. The maximum Gasteiger partial charge on any atom is 0.160 e. The highest BCUT2D eigenvalue weighted by molar-refractivity contribution is 7.17. The maximum atomic E-state index is 11.3. The molecule has 1 aliphatic rings. The van der Waals surface area contributed by atoms with Crippen molar-refractivity contribution in [3.05, 3.63) is 180 Å². The van der Waals surface area contributed by atoms with Gasteiger partial charge in [-0.15, -0.1) is 11.3 Å². The van der Waals surface area contributed by atoms with E-state index in [2.05, 4.69) is 175 Å². The molecule has 0 aliphatic heterocycles. The summed E-state index contributed by atoms with van der Waals surface area (Å²) in [5.41, 5.74) is 13.2. The lowest BCUT2D eigenvalue weighted by Crippen LogP contribution is -2.24. The zero-order valence-corrected chi connectivity index (χ0v) is 29.1. The molecule has 0 fully saturated rings. The highest BCUT2D eigenvalue weighted by Crippen LogP contribution is 2.55. The molecule has 0 bridgehead atoms. The van der Waals surface area contributed by atoms with Crippen molar-refractivity contribution in [3.8, 4) is 21.6 Å². The average Bonchev–Trinajstić information content (AvgIpc) is 3.78. The van der Waals surface area contributed by atoms with Crippen LogP contribution in [0.25, 0.3) is 21.6 Å². The van der Waals surface area contributed by atoms with Crippen LogP contribution in [-0.2, 0) is 5.41 Å². The van der Waals surface area contributed by atoms with Crippen molar-refractivity contribution < 1.29 is 4.79 Å². The Bertz CT molecular complexity index is 2220. The molecule has 8 rings (SSSR count). The van der Waals surface area contributed by atoms with E-state index in [0.29, 0.717) is 0 Å². The zero-order chi connectivity index (χ0) is 34.1. The van der Waals surface area contributed by atoms with Gasteiger partial charge < -0.3 is 9.80 Å². The Kier molecular flexibility index (Phi) is 8.39. The van der Waals surface area contributed by atoms with Gasteiger partial charge in [-0.2, -0.15) is 0 Å². The highest BCUT2D eigenvalue weighted by Gasteiger charge is 2.41. The number of thiophene rings is 1. The van der Waals surface area contributed by atoms with E-state index in [0.717, 1.165) is 68.6 Å². The number of hydrogen-bond donors (Lipinski definition) is 0. The quantitative estimate of drug-likeness (QED) is 0.136. The molecule has 0 atom stereocenters. The van der Waals surface area contributed by atoms with Gasteiger partial charge in [-0.1, -0.05) is 92.7 Å². The third-order valence-electron chi connectivity index (χ3n) is 10.2. The Labute approximate surface area is 298 Å². The lowest BCUT2D eigenvalue weighted by Gasteiger charge is -2.33. The Hall–Kier alpha value is -5.71. The van der Waals surface area contributed by atoms with Crippen molar-refractivity contribution in [2.45, 2.75) is 32.1 Å². The molecule has 3 nitrogen and oxygen atoms in total. The van der Waals surface area contributed by atoms with Gasteiger partial charge in [0.1, 0.15) is 0 Å². The summed E-state index contributed by atoms with van der Waals surface area (Å²) in [6.45, 7) is 4.67. The van der Waals surface area contributed by atoms with Crippen LogP contribution in [0.15, 0.2) is 164 Å². The first kappa shape index (κ1) is 31.6. The maximum absolute atomic E-state index is 11.3. The van der Waals surface area contributed by atoms with Crippen molar-refractivity contribution in [2.75, 3.05) is 9.80 Å². The lowest BCUT2D eigenvalue weighted by atomic mass is 9.73. The first-order valence-electron chi connectivity index (χ1n) is 17.3. The first-order valence-corrected chi connectivity index (χ1v) is 18.2. The van der Waals surface area contributed by atoms with E-state index in [1.54, 1.807) is 0 Å². The fourth-order valence-corrected chi connectivity index (χ4v) is 8.56. The first-order chi connectivity index (χ1) is 24.6. The third kappa shape index (κ3) is 5.42. The molecule has 244 valence electrons. The molecular weight excluding hydrogens is 629 g/mol. The van der Waals surface area contributed by atoms with Crippen molar-refractivity contribution in [3.63, 3.8) is 0 Å². The van der Waals surface area contributed by atoms with Crippen LogP contribution in [0.5, 0.6) is 0 Å². The monoisotopic (exact) mass is 666 g/mol. The molecule has 0 unspecified atom stereocenters. The largest absolute Gasteiger partial charge is 0.310 e. The van der Waals surface area contributed by atoms with E-state index in [1.165, 1.54) is 33.6 Å². The minimum atomic E-state index is -0.128. The van der Waals surface area contributed by atoms with Gasteiger partial charge >= 0.3 is 0 Å². The number of nitrogens with zero attached hydrogens (tertiary/aromatic N) is 2. The summed E-state index contributed by atoms with van der Waals surface area (Å²) >= 11 is 1.52. The van der Waals surface area contributed by atoms with Crippen LogP contribution in [0.1, 0.15) is 47.5 Å². The van der Waals surface area contributed by atoms with Crippen LogP contribution >= 0.6 is 11.3 Å². The molecule has 0 spiro atoms. The van der Waals surface area contributed by atoms with E-state index in [9.17, 15) is 4.79 Å². The fourth-order valence-electron chi connectivity index (χ4n) is 7.73. The number of hydrogen-bond acceptors (Lipinski definition) is 4. The van der Waals surface area contributed by atoms with Crippen molar-refractivity contribution in [1.82, 2.24) is 0 Å². The molecule has 0 saturated heterocycles. The number of benzene rings is 6. The second-order valence-electron chi connectivity index (χ2n) is 12.8. The second kappa shape index (κ2) is 13.3. The average molecular weight is 667 g/mol. The number of fused-ring (bicyclic) bond motifs is 3. The molecule has 0 amide bonds. The lowest BCUT2D eigenvalue weighted by molar-refractivity contribution is 0.112. The summed E-state index contributed by atoms with van der Waals surface area (Å²) in [4.78, 5) is 17.9. The molecule has 0 saturated carbocycles. The van der Waals surface area contributed by atoms with Crippen molar-refractivity contribution in [2.24, 2.45) is 0 Å². The molecule has 6 aromatic carbocycles. The Morgan fingerprint density at radius 1 is 0.500 bits per heavy atom. The van der Waals surface area contributed by atoms with E-state index in [4.69, 9.17) is 0 Å². The molecule has 4 heteroatoms. The minimum absolute atomic E-state index is 0.128. The van der Waals surface area contributed by atoms with Crippen molar-refractivity contribution >= 4 is 51.7 Å². The van der Waals surface area contributed by atoms with Crippen molar-refractivity contribution in [1.29, 1.82) is 0 Å². The summed E-state index contributed by atoms with van der Waals surface area (Å²) < 4.78 is 0. The van der Waals surface area contributed by atoms with E-state index < -0.39 is 0 Å². The van der Waals surface area contributed by atoms with E-state index in [-0.39, 0.29) is 5.41 Å². The number of para-hydroxylation sites is 3. The topological polar surface area (TPSA) is 23.6 Å². The van der Waals surface area contributed by atoms with Gasteiger partial charge in [-0.25, -0.2) is 0 Å². The Balaban J connectivity index is 1.23. The van der Waals surface area contributed by atoms with Crippen LogP contribution in [0.2, 0.25) is 0 Å². The Morgan fingerprint density at radius 3 is 1.32 bits per heavy atom. The highest BCUT2D eigenvalue weighted by atomic mass is 32.1. The van der Waals surface area contributed by atoms with Crippen LogP contribution in [0.4, 0.5) is 34.1 Å². The predicted molar refractivity (Wildman–Crippen MR) is 211 cm³/mol. The molecule has 0 N–H and O–H groups in total. The number of carbonyl (C=O) groups excluding carboxylic acids is 1. The summed E-state index contributed by atoms with van der Waals surface area (Å²) in [6, 6.07) is 58.6. The van der Waals surface area contributed by atoms with Gasteiger partial charge in [0.2, 0.25) is 0 Å².